The van der Waals surface area contributed by atoms with Crippen molar-refractivity contribution in [2.24, 2.45) is 0 Å². The highest BCUT2D eigenvalue weighted by Gasteiger charge is 2.40. The number of carbonyl (C=O) groups is 3. The number of aliphatic carboxylic acids is 1. The van der Waals surface area contributed by atoms with E-state index in [4.69, 9.17) is 9.84 Å². The fourth-order valence-electron chi connectivity index (χ4n) is 4.82. The van der Waals surface area contributed by atoms with Gasteiger partial charge in [-0.3, -0.25) is 14.4 Å². The molecule has 1 saturated heterocycles. The van der Waals surface area contributed by atoms with E-state index in [-0.39, 0.29) is 46.2 Å². The molecule has 2 aromatic rings. The predicted octanol–water partition coefficient (Wildman–Crippen LogP) is 1.21. The molecule has 1 heterocycles. The summed E-state index contributed by atoms with van der Waals surface area (Å²) in [6.45, 7) is 2.85. The van der Waals surface area contributed by atoms with Gasteiger partial charge >= 0.3 is 5.97 Å². The van der Waals surface area contributed by atoms with Crippen molar-refractivity contribution >= 4 is 17.5 Å². The number of carbonyl (C=O) groups excluding carboxylic acids is 2. The van der Waals surface area contributed by atoms with Gasteiger partial charge in [0.25, 0.3) is 0 Å². The Morgan fingerprint density at radius 1 is 1.03 bits per heavy atom. The zero-order valence-electron chi connectivity index (χ0n) is 19.1. The fourth-order valence-corrected chi connectivity index (χ4v) is 4.82. The summed E-state index contributed by atoms with van der Waals surface area (Å²) in [4.78, 5) is 37.6. The third kappa shape index (κ3) is 4.30. The van der Waals surface area contributed by atoms with E-state index in [0.29, 0.717) is 0 Å². The molecule has 0 saturated carbocycles. The second-order valence-corrected chi connectivity index (χ2v) is 9.45. The topological polar surface area (TPSA) is 182 Å². The van der Waals surface area contributed by atoms with Crippen LogP contribution in [0.3, 0.4) is 0 Å². The van der Waals surface area contributed by atoms with Crippen molar-refractivity contribution in [3.63, 3.8) is 0 Å². The van der Waals surface area contributed by atoms with E-state index in [1.165, 1.54) is 31.2 Å². The minimum atomic E-state index is -1.71. The van der Waals surface area contributed by atoms with E-state index in [0.717, 1.165) is 0 Å². The summed E-state index contributed by atoms with van der Waals surface area (Å²) in [6.07, 6.45) is -4.67. The van der Waals surface area contributed by atoms with E-state index in [1.807, 2.05) is 0 Å². The van der Waals surface area contributed by atoms with Crippen molar-refractivity contribution in [3.8, 4) is 11.5 Å². The first-order valence-corrected chi connectivity index (χ1v) is 11.1. The molecule has 0 unspecified atom stereocenters. The lowest BCUT2D eigenvalue weighted by Crippen LogP contribution is -2.44. The molecule has 4 rings (SSSR count). The van der Waals surface area contributed by atoms with Gasteiger partial charge in [0.2, 0.25) is 0 Å². The number of aliphatic hydroxyl groups excluding tert-OH is 2. The van der Waals surface area contributed by atoms with E-state index in [2.05, 4.69) is 0 Å². The van der Waals surface area contributed by atoms with Crippen LogP contribution >= 0.6 is 0 Å². The number of phenols is 2. The van der Waals surface area contributed by atoms with Crippen molar-refractivity contribution in [1.82, 2.24) is 0 Å². The molecule has 0 radical (unpaired) electrons. The summed E-state index contributed by atoms with van der Waals surface area (Å²) in [5, 5.41) is 61.1. The van der Waals surface area contributed by atoms with Gasteiger partial charge in [0.05, 0.1) is 41.5 Å². The molecule has 2 aromatic carbocycles. The second kappa shape index (κ2) is 8.72. The Labute approximate surface area is 200 Å². The van der Waals surface area contributed by atoms with Gasteiger partial charge in [-0.15, -0.1) is 0 Å². The molecule has 1 fully saturated rings. The zero-order chi connectivity index (χ0) is 25.8. The minimum absolute atomic E-state index is 0.0308. The average Bonchev–Trinajstić information content (AvgIpc) is 2.75. The summed E-state index contributed by atoms with van der Waals surface area (Å²) in [6, 6.07) is 5.33. The van der Waals surface area contributed by atoms with Crippen LogP contribution in [0.15, 0.2) is 24.3 Å². The van der Waals surface area contributed by atoms with Gasteiger partial charge in [-0.25, -0.2) is 0 Å². The molecule has 0 aromatic heterocycles. The average molecular weight is 486 g/mol. The Hall–Kier alpha value is -3.31. The SMILES string of the molecule is C[C@@H]1O[C@@H](c2ccc3c(c2O)C(=O)c2ccc(C[C@@](C)(O)CC(=O)O)c(O)c2C3=O)C[C@@H](O)[C@@H]1O. The number of phenolic OH excluding ortho intramolecular Hbond substituents is 2. The van der Waals surface area contributed by atoms with Gasteiger partial charge in [0.15, 0.2) is 11.6 Å². The van der Waals surface area contributed by atoms with Gasteiger partial charge in [-0.1, -0.05) is 12.1 Å². The van der Waals surface area contributed by atoms with Crippen LogP contribution < -0.4 is 0 Å². The summed E-state index contributed by atoms with van der Waals surface area (Å²) in [5.41, 5.74) is -2.28. The highest BCUT2D eigenvalue weighted by molar-refractivity contribution is 6.30. The van der Waals surface area contributed by atoms with Crippen LogP contribution in [0.4, 0.5) is 0 Å². The van der Waals surface area contributed by atoms with Gasteiger partial charge in [0.1, 0.15) is 17.6 Å². The van der Waals surface area contributed by atoms with Gasteiger partial charge < -0.3 is 35.4 Å². The van der Waals surface area contributed by atoms with Crippen LogP contribution in [0.5, 0.6) is 11.5 Å². The summed E-state index contributed by atoms with van der Waals surface area (Å²) < 4.78 is 5.70. The first kappa shape index (κ1) is 24.8. The number of benzene rings is 2. The molecule has 1 aliphatic heterocycles. The molecule has 6 N–H and O–H groups in total. The number of hydrogen-bond donors (Lipinski definition) is 6. The Kier molecular flexibility index (Phi) is 6.18. The van der Waals surface area contributed by atoms with Crippen LogP contribution in [0.25, 0.3) is 0 Å². The summed E-state index contributed by atoms with van der Waals surface area (Å²) in [7, 11) is 0. The maximum Gasteiger partial charge on any atom is 0.306 e. The van der Waals surface area contributed by atoms with Crippen molar-refractivity contribution in [3.05, 3.63) is 57.6 Å². The Morgan fingerprint density at radius 3 is 2.17 bits per heavy atom. The van der Waals surface area contributed by atoms with Crippen LogP contribution in [0.2, 0.25) is 0 Å². The van der Waals surface area contributed by atoms with Crippen molar-refractivity contribution in [1.29, 1.82) is 0 Å². The molecule has 0 amide bonds. The molecular formula is C25H26O10. The predicted molar refractivity (Wildman–Crippen MR) is 120 cm³/mol. The number of ether oxygens (including phenoxy) is 1. The Morgan fingerprint density at radius 2 is 1.60 bits per heavy atom. The molecule has 10 heteroatoms. The zero-order valence-corrected chi connectivity index (χ0v) is 19.1. The van der Waals surface area contributed by atoms with Gasteiger partial charge in [-0.2, -0.15) is 0 Å². The highest BCUT2D eigenvalue weighted by atomic mass is 16.5. The number of hydrogen-bond acceptors (Lipinski definition) is 9. The number of aromatic hydroxyl groups is 2. The fraction of sp³-hybridized carbons (Fsp3) is 0.400. The molecule has 0 bridgehead atoms. The first-order valence-electron chi connectivity index (χ1n) is 11.1. The second-order valence-electron chi connectivity index (χ2n) is 9.45. The molecule has 0 spiro atoms. The molecule has 35 heavy (non-hydrogen) atoms. The maximum atomic E-state index is 13.3. The monoisotopic (exact) mass is 486 g/mol. The largest absolute Gasteiger partial charge is 0.507 e. The van der Waals surface area contributed by atoms with E-state index >= 15 is 0 Å². The number of ketones is 2. The summed E-state index contributed by atoms with van der Waals surface area (Å²) in [5.74, 6) is -3.69. The van der Waals surface area contributed by atoms with E-state index in [1.54, 1.807) is 6.92 Å². The van der Waals surface area contributed by atoms with Crippen LogP contribution in [-0.4, -0.2) is 72.1 Å². The minimum Gasteiger partial charge on any atom is -0.507 e. The normalized spacial score (nSPS) is 25.5. The number of carboxylic acid groups (broad SMARTS) is 1. The lowest BCUT2D eigenvalue weighted by molar-refractivity contribution is -0.163. The molecule has 186 valence electrons. The quantitative estimate of drug-likeness (QED) is 0.307. The summed E-state index contributed by atoms with van der Waals surface area (Å²) >= 11 is 0. The third-order valence-corrected chi connectivity index (χ3v) is 6.57. The van der Waals surface area contributed by atoms with Crippen molar-refractivity contribution in [2.45, 2.75) is 63.1 Å². The van der Waals surface area contributed by atoms with Crippen molar-refractivity contribution in [2.75, 3.05) is 0 Å². The lowest BCUT2D eigenvalue weighted by atomic mass is 9.79. The van der Waals surface area contributed by atoms with Gasteiger partial charge in [0, 0.05) is 29.5 Å². The van der Waals surface area contributed by atoms with Crippen molar-refractivity contribution < 1.29 is 49.8 Å². The highest BCUT2D eigenvalue weighted by Crippen LogP contribution is 2.43. The lowest BCUT2D eigenvalue weighted by Gasteiger charge is -2.36. The smallest absolute Gasteiger partial charge is 0.306 e. The van der Waals surface area contributed by atoms with Crippen LogP contribution in [0, 0.1) is 0 Å². The Balaban J connectivity index is 1.73. The van der Waals surface area contributed by atoms with Crippen LogP contribution in [0.1, 0.15) is 75.8 Å². The third-order valence-electron chi connectivity index (χ3n) is 6.57. The Bertz CT molecular complexity index is 1220. The number of aliphatic hydroxyl groups is 3. The van der Waals surface area contributed by atoms with E-state index < -0.39 is 65.5 Å². The number of fused-ring (bicyclic) bond motifs is 2. The molecular weight excluding hydrogens is 460 g/mol. The molecule has 10 nitrogen and oxygen atoms in total. The van der Waals surface area contributed by atoms with Crippen LogP contribution in [-0.2, 0) is 16.0 Å². The number of rotatable bonds is 5. The maximum absolute atomic E-state index is 13.3. The first-order chi connectivity index (χ1) is 16.3. The standard InChI is InChI=1S/C25H26O10/c1-10-20(29)15(26)7-16(35-10)12-5-6-14-19(22(12)31)24(33)13-4-3-11(21(30)18(13)23(14)32)8-25(2,34)9-17(27)28/h3-6,10,15-16,20,26,29-31,34H,7-9H2,1-2H3,(H,27,28)/t10-,15+,16+,20+,25+/m0/s1. The molecule has 2 aliphatic rings. The molecule has 5 atom stereocenters. The van der Waals surface area contributed by atoms with E-state index in [9.17, 15) is 39.9 Å². The van der Waals surface area contributed by atoms with Gasteiger partial charge in [-0.05, 0) is 31.5 Å². The number of carboxylic acids is 1. The molecule has 1 aliphatic carbocycles.